The lowest BCUT2D eigenvalue weighted by molar-refractivity contribution is -0.144. The predicted octanol–water partition coefficient (Wildman–Crippen LogP) is 2.85. The van der Waals surface area contributed by atoms with Crippen molar-refractivity contribution in [1.29, 1.82) is 0 Å². The highest BCUT2D eigenvalue weighted by Crippen LogP contribution is 2.34. The van der Waals surface area contributed by atoms with E-state index >= 15 is 0 Å². The van der Waals surface area contributed by atoms with Crippen LogP contribution < -0.4 is 5.32 Å². The Balaban J connectivity index is 2.13. The highest BCUT2D eigenvalue weighted by atomic mass is 16.3. The van der Waals surface area contributed by atoms with Gasteiger partial charge in [0.15, 0.2) is 0 Å². The molecule has 3 aliphatic heterocycles. The van der Waals surface area contributed by atoms with Gasteiger partial charge in [-0.3, -0.25) is 4.79 Å². The van der Waals surface area contributed by atoms with Gasteiger partial charge in [0.25, 0.3) is 5.91 Å². The van der Waals surface area contributed by atoms with E-state index in [2.05, 4.69) is 30.5 Å². The van der Waals surface area contributed by atoms with Gasteiger partial charge in [0.2, 0.25) is 0 Å². The molecule has 2 bridgehead atoms. The Labute approximate surface area is 140 Å². The molecular weight excluding hydrogens is 288 g/mol. The molecule has 130 valence electrons. The van der Waals surface area contributed by atoms with E-state index in [0.717, 1.165) is 51.7 Å². The Morgan fingerprint density at radius 2 is 2.17 bits per heavy atom. The molecule has 2 N–H and O–H groups in total. The number of fused-ring (bicyclic) bond motifs is 8. The minimum absolute atomic E-state index is 0.0426. The quantitative estimate of drug-likeness (QED) is 0.786. The molecule has 0 aliphatic carbocycles. The van der Waals surface area contributed by atoms with E-state index in [0.29, 0.717) is 0 Å². The lowest BCUT2D eigenvalue weighted by atomic mass is 9.77. The largest absolute Gasteiger partial charge is 0.388 e. The Hall–Kier alpha value is -1.29. The van der Waals surface area contributed by atoms with Crippen LogP contribution >= 0.6 is 0 Å². The Morgan fingerprint density at radius 1 is 1.48 bits per heavy atom. The predicted molar refractivity (Wildman–Crippen MR) is 93.8 cm³/mol. The van der Waals surface area contributed by atoms with Crippen molar-refractivity contribution in [2.45, 2.75) is 59.0 Å². The summed E-state index contributed by atoms with van der Waals surface area (Å²) in [5, 5.41) is 13.8. The summed E-state index contributed by atoms with van der Waals surface area (Å²) in [6, 6.07) is 0. The Kier molecular flexibility index (Phi) is 6.28. The first-order valence-electron chi connectivity index (χ1n) is 8.99. The van der Waals surface area contributed by atoms with Gasteiger partial charge in [0.05, 0.1) is 0 Å². The third kappa shape index (κ3) is 4.60. The number of aliphatic hydroxyl groups excluding tert-OH is 1. The molecule has 2 atom stereocenters. The number of carbonyl (C=O) groups is 1. The molecule has 0 spiro atoms. The van der Waals surface area contributed by atoms with Crippen molar-refractivity contribution in [3.8, 4) is 0 Å². The van der Waals surface area contributed by atoms with Crippen LogP contribution in [0.15, 0.2) is 23.9 Å². The molecule has 4 nitrogen and oxygen atoms in total. The second kappa shape index (κ2) is 8.00. The van der Waals surface area contributed by atoms with Crippen molar-refractivity contribution in [3.63, 3.8) is 0 Å². The highest BCUT2D eigenvalue weighted by molar-refractivity contribution is 5.81. The minimum atomic E-state index is -0.839. The van der Waals surface area contributed by atoms with Gasteiger partial charge in [-0.25, -0.2) is 0 Å². The monoisotopic (exact) mass is 320 g/mol. The van der Waals surface area contributed by atoms with Gasteiger partial charge in [0, 0.05) is 30.7 Å². The van der Waals surface area contributed by atoms with E-state index in [-0.39, 0.29) is 17.2 Å². The van der Waals surface area contributed by atoms with Crippen LogP contribution in [0.5, 0.6) is 0 Å². The molecule has 3 heterocycles. The Bertz CT molecular complexity index is 462. The first kappa shape index (κ1) is 18.1. The van der Waals surface area contributed by atoms with E-state index in [9.17, 15) is 9.90 Å². The summed E-state index contributed by atoms with van der Waals surface area (Å²) < 4.78 is 0. The van der Waals surface area contributed by atoms with Crippen LogP contribution in [0.25, 0.3) is 0 Å². The number of carbonyl (C=O) groups excluding carboxylic acids is 1. The fraction of sp³-hybridized carbons (Fsp3) is 0.737. The first-order valence-corrected chi connectivity index (χ1v) is 8.99. The maximum atomic E-state index is 12.5. The second-order valence-electron chi connectivity index (χ2n) is 7.27. The van der Waals surface area contributed by atoms with Gasteiger partial charge in [-0.05, 0) is 51.9 Å². The third-order valence-electron chi connectivity index (χ3n) is 5.52. The number of piperidine rings is 1. The number of hydrogen-bond acceptors (Lipinski definition) is 3. The van der Waals surface area contributed by atoms with Gasteiger partial charge in [-0.15, -0.1) is 0 Å². The summed E-state index contributed by atoms with van der Waals surface area (Å²) in [4.78, 5) is 14.3. The van der Waals surface area contributed by atoms with Crippen LogP contribution in [0.4, 0.5) is 0 Å². The van der Waals surface area contributed by atoms with Crippen LogP contribution in [0.3, 0.4) is 0 Å². The zero-order chi connectivity index (χ0) is 16.9. The SMILES string of the molecule is C/C=C(\C)NCC12/C=C/CCC[C@@H](C)C(O)C(=O)N(CC1)CC2. The van der Waals surface area contributed by atoms with Crippen LogP contribution in [0, 0.1) is 11.3 Å². The van der Waals surface area contributed by atoms with Crippen molar-refractivity contribution in [2.75, 3.05) is 19.6 Å². The lowest BCUT2D eigenvalue weighted by Crippen LogP contribution is -2.50. The fourth-order valence-corrected chi connectivity index (χ4v) is 3.47. The molecule has 1 saturated heterocycles. The van der Waals surface area contributed by atoms with Gasteiger partial charge < -0.3 is 15.3 Å². The molecule has 3 aliphatic rings. The summed E-state index contributed by atoms with van der Waals surface area (Å²) >= 11 is 0. The fourth-order valence-electron chi connectivity index (χ4n) is 3.47. The molecule has 0 aromatic rings. The molecule has 0 saturated carbocycles. The summed E-state index contributed by atoms with van der Waals surface area (Å²) in [6.45, 7) is 8.51. The van der Waals surface area contributed by atoms with Crippen molar-refractivity contribution in [1.82, 2.24) is 10.2 Å². The smallest absolute Gasteiger partial charge is 0.251 e. The van der Waals surface area contributed by atoms with Crippen LogP contribution in [-0.4, -0.2) is 41.7 Å². The van der Waals surface area contributed by atoms with E-state index in [1.165, 1.54) is 5.70 Å². The van der Waals surface area contributed by atoms with Crippen molar-refractivity contribution < 1.29 is 9.90 Å². The van der Waals surface area contributed by atoms with E-state index < -0.39 is 6.10 Å². The van der Waals surface area contributed by atoms with Crippen LogP contribution in [-0.2, 0) is 4.79 Å². The number of aliphatic hydroxyl groups is 1. The standard InChI is InChI=1S/C19H32N2O2/c1-4-16(3)20-14-19-9-7-5-6-8-15(2)17(22)18(23)21(12-10-19)13-11-19/h4,7,9,15,17,20,22H,5-6,8,10-14H2,1-3H3/b9-7+,16-4+/t15-,17?/m1/s1. The van der Waals surface area contributed by atoms with Crippen molar-refractivity contribution >= 4 is 5.91 Å². The minimum Gasteiger partial charge on any atom is -0.388 e. The highest BCUT2D eigenvalue weighted by Gasteiger charge is 2.36. The van der Waals surface area contributed by atoms with Crippen molar-refractivity contribution in [2.24, 2.45) is 11.3 Å². The molecule has 3 rings (SSSR count). The molecule has 1 amide bonds. The molecule has 4 heteroatoms. The van der Waals surface area contributed by atoms with Crippen molar-refractivity contribution in [3.05, 3.63) is 23.9 Å². The van der Waals surface area contributed by atoms with E-state index in [1.807, 2.05) is 18.7 Å². The lowest BCUT2D eigenvalue weighted by Gasteiger charge is -2.41. The molecule has 1 fully saturated rings. The van der Waals surface area contributed by atoms with E-state index in [4.69, 9.17) is 0 Å². The molecule has 0 aromatic heterocycles. The topological polar surface area (TPSA) is 52.6 Å². The molecule has 23 heavy (non-hydrogen) atoms. The molecular formula is C19H32N2O2. The van der Waals surface area contributed by atoms with Gasteiger partial charge in [-0.2, -0.15) is 0 Å². The third-order valence-corrected chi connectivity index (χ3v) is 5.52. The molecule has 1 unspecified atom stereocenters. The van der Waals surface area contributed by atoms with E-state index in [1.54, 1.807) is 0 Å². The average molecular weight is 320 g/mol. The summed E-state index contributed by atoms with van der Waals surface area (Å²) in [6.07, 6.45) is 10.8. The summed E-state index contributed by atoms with van der Waals surface area (Å²) in [5.41, 5.74) is 1.32. The van der Waals surface area contributed by atoms with Crippen LogP contribution in [0.1, 0.15) is 52.9 Å². The molecule has 0 aromatic carbocycles. The first-order chi connectivity index (χ1) is 11.0. The number of nitrogens with zero attached hydrogens (tertiary/aromatic N) is 1. The number of allylic oxidation sites excluding steroid dienone is 3. The van der Waals surface area contributed by atoms with Crippen LogP contribution in [0.2, 0.25) is 0 Å². The van der Waals surface area contributed by atoms with Gasteiger partial charge in [0.1, 0.15) is 6.10 Å². The maximum Gasteiger partial charge on any atom is 0.251 e. The summed E-state index contributed by atoms with van der Waals surface area (Å²) in [5.74, 6) is -0.0331. The molecule has 0 radical (unpaired) electrons. The zero-order valence-electron chi connectivity index (χ0n) is 14.8. The zero-order valence-corrected chi connectivity index (χ0v) is 14.8. The number of hydrogen-bond donors (Lipinski definition) is 2. The number of rotatable bonds is 3. The number of amides is 1. The Morgan fingerprint density at radius 3 is 2.83 bits per heavy atom. The number of nitrogens with one attached hydrogen (secondary N) is 1. The average Bonchev–Trinajstić information content (AvgIpc) is 2.57. The summed E-state index contributed by atoms with van der Waals surface area (Å²) in [7, 11) is 0. The maximum absolute atomic E-state index is 12.5. The normalized spacial score (nSPS) is 34.7. The van der Waals surface area contributed by atoms with Gasteiger partial charge >= 0.3 is 0 Å². The second-order valence-corrected chi connectivity index (χ2v) is 7.27. The van der Waals surface area contributed by atoms with Gasteiger partial charge in [-0.1, -0.05) is 25.2 Å².